The Bertz CT molecular complexity index is 1120. The van der Waals surface area contributed by atoms with E-state index in [0.29, 0.717) is 19.3 Å². The highest BCUT2D eigenvalue weighted by molar-refractivity contribution is 5.87. The van der Waals surface area contributed by atoms with Gasteiger partial charge in [-0.05, 0) is 77.0 Å². The van der Waals surface area contributed by atoms with Gasteiger partial charge in [0.15, 0.2) is 0 Å². The van der Waals surface area contributed by atoms with Gasteiger partial charge in [-0.3, -0.25) is 14.4 Å². The number of unbranched alkanes of at least 4 members (excludes halogenated alkanes) is 9. The van der Waals surface area contributed by atoms with E-state index in [2.05, 4.69) is 97.4 Å². The Morgan fingerprint density at radius 2 is 1.06 bits per heavy atom. The topological polar surface area (TPSA) is 142 Å². The van der Waals surface area contributed by atoms with Gasteiger partial charge in [-0.1, -0.05) is 138 Å². The van der Waals surface area contributed by atoms with Crippen molar-refractivity contribution >= 4 is 23.8 Å². The number of allylic oxidation sites excluding steroid dienone is 12. The summed E-state index contributed by atoms with van der Waals surface area (Å²) >= 11 is 0. The van der Waals surface area contributed by atoms with Crippen LogP contribution in [0.1, 0.15) is 155 Å². The maximum atomic E-state index is 12.7. The van der Waals surface area contributed by atoms with Crippen LogP contribution in [0.2, 0.25) is 0 Å². The van der Waals surface area contributed by atoms with Gasteiger partial charge in [-0.15, -0.1) is 0 Å². The Morgan fingerprint density at radius 1 is 0.585 bits per heavy atom. The highest BCUT2D eigenvalue weighted by atomic mass is 16.5. The molecule has 0 fully saturated rings. The Balaban J connectivity index is 4.27. The second-order valence-electron chi connectivity index (χ2n) is 13.3. The van der Waals surface area contributed by atoms with Crippen LogP contribution >= 0.6 is 0 Å². The van der Waals surface area contributed by atoms with Crippen LogP contribution in [0.3, 0.4) is 0 Å². The van der Waals surface area contributed by atoms with E-state index in [9.17, 15) is 19.2 Å². The van der Waals surface area contributed by atoms with E-state index in [1.54, 1.807) is 0 Å². The number of aliphatic carboxylic acids is 1. The molecular formula is C44H72N2O7. The third-order valence-corrected chi connectivity index (χ3v) is 8.48. The Kier molecular flexibility index (Phi) is 35.3. The summed E-state index contributed by atoms with van der Waals surface area (Å²) < 4.78 is 5.93. The van der Waals surface area contributed by atoms with Gasteiger partial charge in [0, 0.05) is 12.8 Å². The summed E-state index contributed by atoms with van der Waals surface area (Å²) in [4.78, 5) is 47.3. The number of hydrogen-bond acceptors (Lipinski definition) is 6. The molecule has 0 aromatic rings. The van der Waals surface area contributed by atoms with Gasteiger partial charge in [-0.2, -0.15) is 0 Å². The van der Waals surface area contributed by atoms with Gasteiger partial charge in [-0.25, -0.2) is 4.79 Å². The average Bonchev–Trinajstić information content (AvgIpc) is 3.14. The molecule has 2 unspecified atom stereocenters. The predicted octanol–water partition coefficient (Wildman–Crippen LogP) is 9.54. The summed E-state index contributed by atoms with van der Waals surface area (Å²) in [6.45, 7) is 3.31. The Hall–Kier alpha value is -3.72. The SMILES string of the molecule is CC/C=C\C/C=C\C/C=C\C/C=C\C/C=C\C/C=C\CCC(=O)OC(CCCCCCCC)CCCCCCCC(=O)NCC(=O)NC(CO)C(=O)O. The first-order valence-corrected chi connectivity index (χ1v) is 20.3. The van der Waals surface area contributed by atoms with Gasteiger partial charge in [0.1, 0.15) is 12.1 Å². The fourth-order valence-corrected chi connectivity index (χ4v) is 5.39. The fraction of sp³-hybridized carbons (Fsp3) is 0.636. The smallest absolute Gasteiger partial charge is 0.328 e. The molecule has 0 aliphatic heterocycles. The molecule has 9 heteroatoms. The summed E-state index contributed by atoms with van der Waals surface area (Å²) in [6.07, 6.45) is 46.6. The molecule has 4 N–H and O–H groups in total. The van der Waals surface area contributed by atoms with Crippen molar-refractivity contribution in [2.75, 3.05) is 13.2 Å². The number of esters is 1. The van der Waals surface area contributed by atoms with Crippen molar-refractivity contribution in [1.29, 1.82) is 0 Å². The van der Waals surface area contributed by atoms with Crippen molar-refractivity contribution in [3.63, 3.8) is 0 Å². The molecule has 300 valence electrons. The lowest BCUT2D eigenvalue weighted by molar-refractivity contribution is -0.149. The van der Waals surface area contributed by atoms with E-state index in [1.165, 1.54) is 25.7 Å². The minimum atomic E-state index is -1.39. The number of carbonyl (C=O) groups is 4. The zero-order chi connectivity index (χ0) is 39.0. The summed E-state index contributed by atoms with van der Waals surface area (Å²) in [5, 5.41) is 22.5. The third-order valence-electron chi connectivity index (χ3n) is 8.48. The zero-order valence-electron chi connectivity index (χ0n) is 33.0. The van der Waals surface area contributed by atoms with E-state index in [1.807, 2.05) is 0 Å². The molecule has 0 aromatic heterocycles. The van der Waals surface area contributed by atoms with Gasteiger partial charge >= 0.3 is 11.9 Å². The molecule has 0 radical (unpaired) electrons. The molecule has 0 aliphatic carbocycles. The van der Waals surface area contributed by atoms with Gasteiger partial charge in [0.05, 0.1) is 13.2 Å². The number of aliphatic hydroxyl groups excluding tert-OH is 1. The minimum Gasteiger partial charge on any atom is -0.480 e. The molecule has 0 rings (SSSR count). The standard InChI is InChI=1S/C44H72N2O7/c1-3-5-7-9-11-12-13-14-15-16-17-18-19-20-21-22-23-28-32-36-43(50)53-39(33-29-25-10-8-6-4-2)34-30-26-24-27-31-35-41(48)45-37-42(49)46-40(38-47)44(51)52/h5,7,11-12,14-15,17-18,20-21,23,28,39-40,47H,3-4,6,8-10,13,16,19,22,24-27,29-38H2,1-2H3,(H,45,48)(H,46,49)(H,51,52)/b7-5-,12-11-,15-14-,18-17-,21-20-,28-23-. The number of hydrogen-bond donors (Lipinski definition) is 4. The van der Waals surface area contributed by atoms with Crippen molar-refractivity contribution in [2.24, 2.45) is 0 Å². The second kappa shape index (κ2) is 38.0. The summed E-state index contributed by atoms with van der Waals surface area (Å²) in [7, 11) is 0. The number of amides is 2. The van der Waals surface area contributed by atoms with Crippen LogP contribution < -0.4 is 10.6 Å². The monoisotopic (exact) mass is 741 g/mol. The number of rotatable bonds is 35. The van der Waals surface area contributed by atoms with E-state index in [4.69, 9.17) is 14.9 Å². The lowest BCUT2D eigenvalue weighted by atomic mass is 10.0. The molecule has 9 nitrogen and oxygen atoms in total. The predicted molar refractivity (Wildman–Crippen MR) is 217 cm³/mol. The molecule has 0 aliphatic rings. The minimum absolute atomic E-state index is 0.0533. The van der Waals surface area contributed by atoms with E-state index in [0.717, 1.165) is 89.9 Å². The maximum absolute atomic E-state index is 12.7. The molecule has 0 aromatic carbocycles. The number of aliphatic hydroxyl groups is 1. The first-order chi connectivity index (χ1) is 25.8. The number of carboxylic acid groups (broad SMARTS) is 1. The lowest BCUT2D eigenvalue weighted by Gasteiger charge is -2.18. The highest BCUT2D eigenvalue weighted by Crippen LogP contribution is 2.18. The average molecular weight is 741 g/mol. The second-order valence-corrected chi connectivity index (χ2v) is 13.3. The van der Waals surface area contributed by atoms with Crippen molar-refractivity contribution in [3.8, 4) is 0 Å². The molecule has 0 saturated heterocycles. The molecule has 0 spiro atoms. The maximum Gasteiger partial charge on any atom is 0.328 e. The van der Waals surface area contributed by atoms with Crippen LogP contribution in [-0.4, -0.2) is 59.3 Å². The summed E-state index contributed by atoms with van der Waals surface area (Å²) in [5.41, 5.74) is 0. The van der Waals surface area contributed by atoms with Crippen LogP contribution in [0, 0.1) is 0 Å². The summed E-state index contributed by atoms with van der Waals surface area (Å²) in [5.74, 6) is -2.40. The fourth-order valence-electron chi connectivity index (χ4n) is 5.39. The quantitative estimate of drug-likeness (QED) is 0.0288. The van der Waals surface area contributed by atoms with Crippen LogP contribution in [0.5, 0.6) is 0 Å². The van der Waals surface area contributed by atoms with E-state index in [-0.39, 0.29) is 30.9 Å². The first kappa shape index (κ1) is 49.3. The van der Waals surface area contributed by atoms with Gasteiger partial charge in [0.25, 0.3) is 0 Å². The van der Waals surface area contributed by atoms with Crippen molar-refractivity contribution < 1.29 is 34.1 Å². The molecular weight excluding hydrogens is 668 g/mol. The molecule has 2 atom stereocenters. The number of carboxylic acids is 1. The normalized spacial score (nSPS) is 13.3. The molecule has 2 amide bonds. The third kappa shape index (κ3) is 35.1. The van der Waals surface area contributed by atoms with Crippen LogP contribution in [-0.2, 0) is 23.9 Å². The molecule has 0 saturated carbocycles. The Morgan fingerprint density at radius 3 is 1.55 bits per heavy atom. The zero-order valence-corrected chi connectivity index (χ0v) is 33.0. The number of nitrogens with one attached hydrogen (secondary N) is 2. The highest BCUT2D eigenvalue weighted by Gasteiger charge is 2.19. The van der Waals surface area contributed by atoms with Crippen LogP contribution in [0.4, 0.5) is 0 Å². The van der Waals surface area contributed by atoms with E-state index < -0.39 is 24.5 Å². The van der Waals surface area contributed by atoms with Crippen molar-refractivity contribution in [1.82, 2.24) is 10.6 Å². The molecule has 0 bridgehead atoms. The van der Waals surface area contributed by atoms with Crippen molar-refractivity contribution in [3.05, 3.63) is 72.9 Å². The summed E-state index contributed by atoms with van der Waals surface area (Å²) in [6, 6.07) is -1.39. The lowest BCUT2D eigenvalue weighted by Crippen LogP contribution is -2.47. The molecule has 53 heavy (non-hydrogen) atoms. The largest absolute Gasteiger partial charge is 0.480 e. The number of carbonyl (C=O) groups excluding carboxylic acids is 3. The molecule has 0 heterocycles. The van der Waals surface area contributed by atoms with Gasteiger partial charge < -0.3 is 25.6 Å². The Labute approximate surface area is 321 Å². The van der Waals surface area contributed by atoms with E-state index >= 15 is 0 Å². The van der Waals surface area contributed by atoms with Gasteiger partial charge in [0.2, 0.25) is 11.8 Å². The van der Waals surface area contributed by atoms with Crippen molar-refractivity contribution in [2.45, 2.75) is 167 Å². The number of ether oxygens (including phenoxy) is 1. The van der Waals surface area contributed by atoms with Crippen LogP contribution in [0.15, 0.2) is 72.9 Å². The van der Waals surface area contributed by atoms with Crippen LogP contribution in [0.25, 0.3) is 0 Å². The first-order valence-electron chi connectivity index (χ1n) is 20.3.